The Morgan fingerprint density at radius 3 is 2.05 bits per heavy atom. The third-order valence-electron chi connectivity index (χ3n) is 2.42. The van der Waals surface area contributed by atoms with Gasteiger partial charge in [0.1, 0.15) is 0 Å². The van der Waals surface area contributed by atoms with E-state index in [-0.39, 0.29) is 10.5 Å². The molecule has 0 amide bonds. The highest BCUT2D eigenvalue weighted by molar-refractivity contribution is 6.35. The van der Waals surface area contributed by atoms with Crippen LogP contribution in [0.2, 0.25) is 5.02 Å². The molecule has 1 rings (SSSR count). The summed E-state index contributed by atoms with van der Waals surface area (Å²) in [6, 6.07) is 5.15. The van der Waals surface area contributed by atoms with Gasteiger partial charge in [0.15, 0.2) is 6.10 Å². The number of carboxylic acids is 2. The van der Waals surface area contributed by atoms with Gasteiger partial charge in [-0.1, -0.05) is 23.7 Å². The number of carboxylic acid groups (broad SMARTS) is 2. The van der Waals surface area contributed by atoms with Crippen LogP contribution < -0.4 is 0 Å². The van der Waals surface area contributed by atoms with Gasteiger partial charge in [-0.15, -0.1) is 0 Å². The van der Waals surface area contributed by atoms with E-state index in [4.69, 9.17) is 21.8 Å². The first-order valence-corrected chi connectivity index (χ1v) is 5.26. The van der Waals surface area contributed by atoms with Crippen LogP contribution in [0.1, 0.15) is 10.4 Å². The number of carbonyl (C=O) groups excluding carboxylic acids is 1. The van der Waals surface area contributed by atoms with E-state index >= 15 is 0 Å². The Labute approximate surface area is 117 Å². The number of hydrogen-bond acceptors (Lipinski definition) is 5. The molecule has 0 radical (unpaired) electrons. The van der Waals surface area contributed by atoms with Crippen LogP contribution in [-0.4, -0.2) is 55.3 Å². The Balaban J connectivity index is 0.00000361. The molecule has 1 aromatic rings. The maximum Gasteiger partial charge on any atom is 0.347 e. The van der Waals surface area contributed by atoms with E-state index in [9.17, 15) is 24.6 Å². The summed E-state index contributed by atoms with van der Waals surface area (Å²) in [7, 11) is 0. The van der Waals surface area contributed by atoms with Gasteiger partial charge in [-0.2, -0.15) is 0 Å². The summed E-state index contributed by atoms with van der Waals surface area (Å²) in [4.78, 5) is 33.5. The zero-order chi connectivity index (χ0) is 14.8. The zero-order valence-corrected chi connectivity index (χ0v) is 10.5. The van der Waals surface area contributed by atoms with Crippen molar-refractivity contribution in [3.8, 4) is 0 Å². The Kier molecular flexibility index (Phi) is 5.79. The SMILES string of the molecule is O.O=C(O)C(O)C(O)(C(=O)O)C(=O)c1ccccc1Cl. The molecule has 0 saturated heterocycles. The summed E-state index contributed by atoms with van der Waals surface area (Å²) < 4.78 is 0. The van der Waals surface area contributed by atoms with E-state index < -0.39 is 35.0 Å². The largest absolute Gasteiger partial charge is 0.479 e. The highest BCUT2D eigenvalue weighted by Gasteiger charge is 2.54. The number of benzene rings is 1. The molecule has 2 atom stereocenters. The fourth-order valence-corrected chi connectivity index (χ4v) is 1.59. The van der Waals surface area contributed by atoms with Crippen LogP contribution >= 0.6 is 11.6 Å². The minimum absolute atomic E-state index is 0. The lowest BCUT2D eigenvalue weighted by Gasteiger charge is -2.24. The molecule has 2 unspecified atom stereocenters. The molecule has 8 nitrogen and oxygen atoms in total. The van der Waals surface area contributed by atoms with Gasteiger partial charge in [0.2, 0.25) is 5.78 Å². The van der Waals surface area contributed by atoms with Gasteiger partial charge < -0.3 is 25.9 Å². The van der Waals surface area contributed by atoms with Crippen molar-refractivity contribution in [3.05, 3.63) is 34.9 Å². The van der Waals surface area contributed by atoms with Crippen molar-refractivity contribution in [1.29, 1.82) is 0 Å². The Bertz CT molecular complexity index is 543. The van der Waals surface area contributed by atoms with Crippen molar-refractivity contribution in [3.63, 3.8) is 0 Å². The number of aliphatic hydroxyl groups excluding tert-OH is 1. The predicted molar refractivity (Wildman–Crippen MR) is 65.6 cm³/mol. The number of carbonyl (C=O) groups is 3. The van der Waals surface area contributed by atoms with E-state index in [0.717, 1.165) is 6.07 Å². The normalized spacial score (nSPS) is 14.6. The Morgan fingerprint density at radius 2 is 1.65 bits per heavy atom. The van der Waals surface area contributed by atoms with Crippen molar-refractivity contribution in [2.45, 2.75) is 11.7 Å². The van der Waals surface area contributed by atoms with E-state index in [1.54, 1.807) is 0 Å². The van der Waals surface area contributed by atoms with Crippen molar-refractivity contribution in [2.24, 2.45) is 0 Å². The number of ketones is 1. The number of hydrogen-bond donors (Lipinski definition) is 4. The van der Waals surface area contributed by atoms with Crippen LogP contribution in [0.25, 0.3) is 0 Å². The Hall–Kier alpha value is -2.00. The first-order valence-electron chi connectivity index (χ1n) is 4.89. The number of aliphatic hydroxyl groups is 2. The molecule has 110 valence electrons. The third-order valence-corrected chi connectivity index (χ3v) is 2.75. The maximum atomic E-state index is 11.9. The highest BCUT2D eigenvalue weighted by Crippen LogP contribution is 2.24. The Morgan fingerprint density at radius 1 is 1.15 bits per heavy atom. The first kappa shape index (κ1) is 18.0. The van der Waals surface area contributed by atoms with Gasteiger partial charge in [-0.05, 0) is 12.1 Å². The van der Waals surface area contributed by atoms with Crippen LogP contribution in [0, 0.1) is 0 Å². The molecule has 0 aliphatic heterocycles. The van der Waals surface area contributed by atoms with Gasteiger partial charge in [-0.25, -0.2) is 9.59 Å². The van der Waals surface area contributed by atoms with Crippen LogP contribution in [0.3, 0.4) is 0 Å². The van der Waals surface area contributed by atoms with Crippen LogP contribution in [0.5, 0.6) is 0 Å². The van der Waals surface area contributed by atoms with Crippen molar-refractivity contribution in [2.75, 3.05) is 0 Å². The predicted octanol–water partition coefficient (Wildman–Crippen LogP) is -1.04. The molecule has 0 saturated carbocycles. The quantitative estimate of drug-likeness (QED) is 0.398. The summed E-state index contributed by atoms with van der Waals surface area (Å²) >= 11 is 5.66. The van der Waals surface area contributed by atoms with Crippen molar-refractivity contribution >= 4 is 29.3 Å². The van der Waals surface area contributed by atoms with Gasteiger partial charge in [0, 0.05) is 5.56 Å². The minimum atomic E-state index is -3.52. The highest BCUT2D eigenvalue weighted by atomic mass is 35.5. The average Bonchev–Trinajstić information content (AvgIpc) is 2.36. The summed E-state index contributed by atoms with van der Waals surface area (Å²) in [5.41, 5.74) is -3.93. The number of aliphatic carboxylic acids is 2. The first-order chi connectivity index (χ1) is 8.72. The van der Waals surface area contributed by atoms with Gasteiger partial charge >= 0.3 is 11.9 Å². The number of rotatable bonds is 5. The monoisotopic (exact) mass is 306 g/mol. The van der Waals surface area contributed by atoms with Crippen molar-refractivity contribution in [1.82, 2.24) is 0 Å². The summed E-state index contributed by atoms with van der Waals surface area (Å²) in [5, 5.41) is 36.2. The molecule has 0 aromatic heterocycles. The lowest BCUT2D eigenvalue weighted by molar-refractivity contribution is -0.175. The molecule has 0 heterocycles. The molecule has 0 aliphatic rings. The van der Waals surface area contributed by atoms with E-state index in [1.165, 1.54) is 18.2 Å². The molecular weight excluding hydrogens is 296 g/mol. The van der Waals surface area contributed by atoms with Crippen LogP contribution in [0.15, 0.2) is 24.3 Å². The average molecular weight is 307 g/mol. The topological polar surface area (TPSA) is 164 Å². The third kappa shape index (κ3) is 2.94. The fraction of sp³-hybridized carbons (Fsp3) is 0.182. The molecule has 1 aromatic carbocycles. The molecule has 6 N–H and O–H groups in total. The molecular formula is C11H11ClO8. The number of halogens is 1. The van der Waals surface area contributed by atoms with Gasteiger partial charge in [0.25, 0.3) is 5.60 Å². The molecule has 20 heavy (non-hydrogen) atoms. The second-order valence-electron chi connectivity index (χ2n) is 3.62. The lowest BCUT2D eigenvalue weighted by Crippen LogP contribution is -2.58. The van der Waals surface area contributed by atoms with Crippen LogP contribution in [-0.2, 0) is 9.59 Å². The minimum Gasteiger partial charge on any atom is -0.479 e. The molecule has 9 heteroatoms. The van der Waals surface area contributed by atoms with Crippen LogP contribution in [0.4, 0.5) is 0 Å². The molecule has 0 aliphatic carbocycles. The van der Waals surface area contributed by atoms with Crippen molar-refractivity contribution < 1.29 is 40.3 Å². The van der Waals surface area contributed by atoms with E-state index in [0.29, 0.717) is 0 Å². The number of Topliss-reactive ketones (excluding diaryl/α,β-unsaturated/α-hetero) is 1. The zero-order valence-electron chi connectivity index (χ0n) is 9.78. The molecule has 0 spiro atoms. The maximum absolute atomic E-state index is 11.9. The standard InChI is InChI=1S/C11H9ClO7.H2O/c12-6-4-2-1-3-5(6)7(13)11(19,10(17)18)8(14)9(15)16;/h1-4,8,14,19H,(H,15,16)(H,17,18);1H2. The smallest absolute Gasteiger partial charge is 0.347 e. The summed E-state index contributed by atoms with van der Waals surface area (Å²) in [6.07, 6.45) is -2.83. The fourth-order valence-electron chi connectivity index (χ4n) is 1.37. The lowest BCUT2D eigenvalue weighted by atomic mass is 9.87. The second-order valence-corrected chi connectivity index (χ2v) is 4.03. The molecule has 0 fully saturated rings. The molecule has 0 bridgehead atoms. The van der Waals surface area contributed by atoms with E-state index in [2.05, 4.69) is 0 Å². The van der Waals surface area contributed by atoms with Gasteiger partial charge in [-0.3, -0.25) is 4.79 Å². The van der Waals surface area contributed by atoms with Gasteiger partial charge in [0.05, 0.1) is 5.02 Å². The second kappa shape index (κ2) is 6.44. The summed E-state index contributed by atoms with van der Waals surface area (Å²) in [6.45, 7) is 0. The van der Waals surface area contributed by atoms with E-state index in [1.807, 2.05) is 0 Å². The summed E-state index contributed by atoms with van der Waals surface area (Å²) in [5.74, 6) is -5.75.